The summed E-state index contributed by atoms with van der Waals surface area (Å²) in [6.07, 6.45) is 4.19. The Balaban J connectivity index is 1.98. The van der Waals surface area contributed by atoms with Gasteiger partial charge in [-0.1, -0.05) is 0 Å². The van der Waals surface area contributed by atoms with E-state index in [1.807, 2.05) is 0 Å². The summed E-state index contributed by atoms with van der Waals surface area (Å²) in [7, 11) is 2.19. The van der Waals surface area contributed by atoms with Crippen LogP contribution in [0, 0.1) is 6.92 Å². The Morgan fingerprint density at radius 3 is 2.67 bits per heavy atom. The summed E-state index contributed by atoms with van der Waals surface area (Å²) in [6.45, 7) is 7.17. The molecule has 5 heteroatoms. The van der Waals surface area contributed by atoms with Gasteiger partial charge in [0.05, 0.1) is 0 Å². The number of likely N-dealkylation sites (tertiary alicyclic amines) is 1. The summed E-state index contributed by atoms with van der Waals surface area (Å²) in [5.74, 6) is 1.87. The number of likely N-dealkylation sites (N-methyl/N-ethyl adjacent to an activating group) is 1. The fraction of sp³-hybridized carbons (Fsp3) is 0.692. The van der Waals surface area contributed by atoms with Gasteiger partial charge in [0.15, 0.2) is 0 Å². The van der Waals surface area contributed by atoms with Crippen LogP contribution < -0.4 is 10.6 Å². The Morgan fingerprint density at radius 2 is 2.06 bits per heavy atom. The fourth-order valence-corrected chi connectivity index (χ4v) is 2.43. The molecule has 1 aliphatic rings. The second-order valence-electron chi connectivity index (χ2n) is 4.88. The van der Waals surface area contributed by atoms with Crippen LogP contribution in [0.15, 0.2) is 6.33 Å². The molecule has 0 saturated carbocycles. The molecular formula is C13H23N5. The second kappa shape index (κ2) is 6.00. The van der Waals surface area contributed by atoms with Crippen molar-refractivity contribution in [1.82, 2.24) is 14.9 Å². The molecule has 0 amide bonds. The van der Waals surface area contributed by atoms with Gasteiger partial charge in [0.2, 0.25) is 0 Å². The predicted molar refractivity (Wildman–Crippen MR) is 75.1 cm³/mol. The van der Waals surface area contributed by atoms with E-state index in [4.69, 9.17) is 0 Å². The van der Waals surface area contributed by atoms with Crippen molar-refractivity contribution in [3.8, 4) is 0 Å². The van der Waals surface area contributed by atoms with Crippen molar-refractivity contribution in [2.75, 3.05) is 37.3 Å². The highest BCUT2D eigenvalue weighted by atomic mass is 15.2. The highest BCUT2D eigenvalue weighted by Crippen LogP contribution is 2.20. The summed E-state index contributed by atoms with van der Waals surface area (Å²) in [6, 6.07) is 0.627. The average Bonchev–Trinajstić information content (AvgIpc) is 2.76. The van der Waals surface area contributed by atoms with Crippen LogP contribution in [0.5, 0.6) is 0 Å². The summed E-state index contributed by atoms with van der Waals surface area (Å²) < 4.78 is 0. The van der Waals surface area contributed by atoms with Crippen molar-refractivity contribution in [2.24, 2.45) is 0 Å². The third kappa shape index (κ3) is 2.90. The van der Waals surface area contributed by atoms with Gasteiger partial charge >= 0.3 is 0 Å². The normalized spacial score (nSPS) is 20.1. The zero-order valence-corrected chi connectivity index (χ0v) is 11.5. The first kappa shape index (κ1) is 13.1. The Kier molecular flexibility index (Phi) is 4.36. The molecule has 1 saturated heterocycles. The maximum atomic E-state index is 4.33. The van der Waals surface area contributed by atoms with Crippen molar-refractivity contribution in [3.63, 3.8) is 0 Å². The minimum Gasteiger partial charge on any atom is -0.370 e. The average molecular weight is 249 g/mol. The number of aromatic nitrogens is 2. The molecule has 1 atom stereocenters. The molecular weight excluding hydrogens is 226 g/mol. The molecule has 1 aliphatic heterocycles. The van der Waals surface area contributed by atoms with Crippen LogP contribution in [0.3, 0.4) is 0 Å². The third-order valence-electron chi connectivity index (χ3n) is 3.60. The molecule has 2 rings (SSSR count). The first-order valence-electron chi connectivity index (χ1n) is 6.72. The van der Waals surface area contributed by atoms with Crippen LogP contribution in [0.25, 0.3) is 0 Å². The molecule has 0 spiro atoms. The zero-order chi connectivity index (χ0) is 13.0. The predicted octanol–water partition coefficient (Wildman–Crippen LogP) is 1.72. The van der Waals surface area contributed by atoms with Crippen LogP contribution in [-0.4, -0.2) is 47.6 Å². The molecule has 0 aliphatic carbocycles. The number of nitrogens with one attached hydrogen (secondary N) is 2. The van der Waals surface area contributed by atoms with E-state index in [-0.39, 0.29) is 0 Å². The zero-order valence-electron chi connectivity index (χ0n) is 11.5. The van der Waals surface area contributed by atoms with E-state index in [2.05, 4.69) is 46.4 Å². The quantitative estimate of drug-likeness (QED) is 0.832. The number of rotatable bonds is 5. The fourth-order valence-electron chi connectivity index (χ4n) is 2.43. The largest absolute Gasteiger partial charge is 0.370 e. The van der Waals surface area contributed by atoms with E-state index in [9.17, 15) is 0 Å². The number of anilines is 2. The highest BCUT2D eigenvalue weighted by Gasteiger charge is 2.20. The minimum atomic E-state index is 0.627. The van der Waals surface area contributed by atoms with Crippen LogP contribution in [0.4, 0.5) is 11.6 Å². The van der Waals surface area contributed by atoms with Gasteiger partial charge in [-0.25, -0.2) is 9.97 Å². The lowest BCUT2D eigenvalue weighted by Gasteiger charge is -2.20. The van der Waals surface area contributed by atoms with Crippen LogP contribution in [0.2, 0.25) is 0 Å². The van der Waals surface area contributed by atoms with Crippen molar-refractivity contribution < 1.29 is 0 Å². The van der Waals surface area contributed by atoms with Crippen molar-refractivity contribution in [3.05, 3.63) is 11.9 Å². The monoisotopic (exact) mass is 249 g/mol. The minimum absolute atomic E-state index is 0.627. The van der Waals surface area contributed by atoms with Gasteiger partial charge in [0, 0.05) is 24.7 Å². The maximum absolute atomic E-state index is 4.33. The molecule has 0 aromatic carbocycles. The third-order valence-corrected chi connectivity index (χ3v) is 3.60. The SMILES string of the molecule is CCNc1ncnc(NCC2CCCN2C)c1C. The molecule has 2 N–H and O–H groups in total. The Hall–Kier alpha value is -1.36. The van der Waals surface area contributed by atoms with Crippen LogP contribution in [-0.2, 0) is 0 Å². The van der Waals surface area contributed by atoms with E-state index in [0.29, 0.717) is 6.04 Å². The molecule has 2 heterocycles. The van der Waals surface area contributed by atoms with Gasteiger partial charge in [0.25, 0.3) is 0 Å². The Labute approximate surface area is 109 Å². The van der Waals surface area contributed by atoms with Crippen molar-refractivity contribution in [2.45, 2.75) is 32.7 Å². The summed E-state index contributed by atoms with van der Waals surface area (Å²) in [5.41, 5.74) is 1.10. The molecule has 0 radical (unpaired) electrons. The number of hydrogen-bond acceptors (Lipinski definition) is 5. The highest BCUT2D eigenvalue weighted by molar-refractivity contribution is 5.56. The first-order valence-corrected chi connectivity index (χ1v) is 6.72. The van der Waals surface area contributed by atoms with E-state index in [1.165, 1.54) is 19.4 Å². The summed E-state index contributed by atoms with van der Waals surface area (Å²) >= 11 is 0. The van der Waals surface area contributed by atoms with Gasteiger partial charge < -0.3 is 15.5 Å². The van der Waals surface area contributed by atoms with Crippen LogP contribution >= 0.6 is 0 Å². The standard InChI is InChI=1S/C13H23N5/c1-4-14-12-10(2)13(17-9-16-12)15-8-11-6-5-7-18(11)3/h9,11H,4-8H2,1-3H3,(H2,14,15,16,17). The molecule has 1 fully saturated rings. The second-order valence-corrected chi connectivity index (χ2v) is 4.88. The molecule has 1 aromatic heterocycles. The van der Waals surface area contributed by atoms with Crippen LogP contribution in [0.1, 0.15) is 25.3 Å². The topological polar surface area (TPSA) is 53.1 Å². The lowest BCUT2D eigenvalue weighted by Crippen LogP contribution is -2.31. The molecule has 100 valence electrons. The molecule has 5 nitrogen and oxygen atoms in total. The molecule has 1 unspecified atom stereocenters. The lowest BCUT2D eigenvalue weighted by atomic mass is 10.2. The smallest absolute Gasteiger partial charge is 0.134 e. The summed E-state index contributed by atoms with van der Waals surface area (Å²) in [5, 5.41) is 6.70. The molecule has 18 heavy (non-hydrogen) atoms. The van der Waals surface area contributed by atoms with Crippen molar-refractivity contribution >= 4 is 11.6 Å². The molecule has 1 aromatic rings. The van der Waals surface area contributed by atoms with Crippen molar-refractivity contribution in [1.29, 1.82) is 0 Å². The summed E-state index contributed by atoms with van der Waals surface area (Å²) in [4.78, 5) is 11.0. The van der Waals surface area contributed by atoms with Gasteiger partial charge in [-0.05, 0) is 40.3 Å². The number of nitrogens with zero attached hydrogens (tertiary/aromatic N) is 3. The van der Waals surface area contributed by atoms with E-state index in [0.717, 1.165) is 30.3 Å². The van der Waals surface area contributed by atoms with E-state index in [1.54, 1.807) is 6.33 Å². The van der Waals surface area contributed by atoms with Gasteiger partial charge in [-0.3, -0.25) is 0 Å². The Bertz CT molecular complexity index is 393. The molecule has 0 bridgehead atoms. The van der Waals surface area contributed by atoms with Gasteiger partial charge in [-0.15, -0.1) is 0 Å². The van der Waals surface area contributed by atoms with Gasteiger partial charge in [-0.2, -0.15) is 0 Å². The Morgan fingerprint density at radius 1 is 1.33 bits per heavy atom. The lowest BCUT2D eigenvalue weighted by molar-refractivity contribution is 0.322. The van der Waals surface area contributed by atoms with E-state index >= 15 is 0 Å². The maximum Gasteiger partial charge on any atom is 0.134 e. The van der Waals surface area contributed by atoms with Gasteiger partial charge in [0.1, 0.15) is 18.0 Å². The first-order chi connectivity index (χ1) is 8.72. The number of hydrogen-bond donors (Lipinski definition) is 2. The van der Waals surface area contributed by atoms with E-state index < -0.39 is 0 Å².